The molecule has 0 aliphatic heterocycles. The third kappa shape index (κ3) is 3.96. The molecule has 0 fully saturated rings. The van der Waals surface area contributed by atoms with Crippen LogP contribution in [-0.2, 0) is 13.1 Å². The van der Waals surface area contributed by atoms with Gasteiger partial charge in [0.15, 0.2) is 5.96 Å². The topological polar surface area (TPSA) is 59.6 Å². The highest BCUT2D eigenvalue weighted by molar-refractivity contribution is 5.85. The van der Waals surface area contributed by atoms with E-state index in [1.54, 1.807) is 0 Å². The molecular weight excluding hydrogens is 324 g/mol. The van der Waals surface area contributed by atoms with Crippen LogP contribution in [0.2, 0.25) is 0 Å². The minimum Gasteiger partial charge on any atom is -0.364 e. The van der Waals surface area contributed by atoms with E-state index in [9.17, 15) is 0 Å². The van der Waals surface area contributed by atoms with Gasteiger partial charge in [-0.05, 0) is 29.8 Å². The number of benzene rings is 1. The summed E-state index contributed by atoms with van der Waals surface area (Å²) in [6.07, 6.45) is 1.94. The van der Waals surface area contributed by atoms with Gasteiger partial charge in [0.2, 0.25) is 0 Å². The number of hydrogen-bond donors (Lipinski definition) is 2. The Hall–Kier alpha value is -3.02. The van der Waals surface area contributed by atoms with Crippen molar-refractivity contribution in [1.29, 1.82) is 0 Å². The summed E-state index contributed by atoms with van der Waals surface area (Å²) in [7, 11) is 7.87. The van der Waals surface area contributed by atoms with Crippen LogP contribution in [0.4, 0.5) is 5.82 Å². The number of fused-ring (bicyclic) bond motifs is 1. The first kappa shape index (κ1) is 17.8. The Morgan fingerprint density at radius 3 is 2.65 bits per heavy atom. The van der Waals surface area contributed by atoms with Crippen LogP contribution in [-0.4, -0.2) is 49.0 Å². The third-order valence-electron chi connectivity index (χ3n) is 4.33. The molecule has 0 radical (unpaired) electrons. The predicted octanol–water partition coefficient (Wildman–Crippen LogP) is 2.84. The molecule has 2 aromatic heterocycles. The molecule has 6 nitrogen and oxygen atoms in total. The van der Waals surface area contributed by atoms with Crippen molar-refractivity contribution in [3.05, 3.63) is 59.9 Å². The molecule has 0 saturated carbocycles. The summed E-state index contributed by atoms with van der Waals surface area (Å²) in [6, 6.07) is 14.5. The molecule has 0 atom stereocenters. The van der Waals surface area contributed by atoms with Gasteiger partial charge in [-0.1, -0.05) is 18.2 Å². The van der Waals surface area contributed by atoms with Crippen molar-refractivity contribution in [2.45, 2.75) is 13.1 Å². The normalized spacial score (nSPS) is 11.6. The molecule has 0 aliphatic carbocycles. The van der Waals surface area contributed by atoms with E-state index in [-0.39, 0.29) is 0 Å². The van der Waals surface area contributed by atoms with Crippen LogP contribution >= 0.6 is 0 Å². The van der Waals surface area contributed by atoms with E-state index in [2.05, 4.69) is 50.5 Å². The lowest BCUT2D eigenvalue weighted by atomic mass is 10.1. The minimum atomic E-state index is 0.686. The van der Waals surface area contributed by atoms with Gasteiger partial charge < -0.3 is 20.1 Å². The van der Waals surface area contributed by atoms with Gasteiger partial charge >= 0.3 is 0 Å². The van der Waals surface area contributed by atoms with Gasteiger partial charge in [0, 0.05) is 52.0 Å². The number of aromatic amines is 1. The largest absolute Gasteiger partial charge is 0.364 e. The van der Waals surface area contributed by atoms with Crippen molar-refractivity contribution < 1.29 is 0 Å². The number of pyridine rings is 1. The number of para-hydroxylation sites is 1. The van der Waals surface area contributed by atoms with E-state index in [1.807, 2.05) is 51.4 Å². The number of rotatable bonds is 5. The van der Waals surface area contributed by atoms with Crippen LogP contribution in [0, 0.1) is 0 Å². The Morgan fingerprint density at radius 2 is 1.96 bits per heavy atom. The predicted molar refractivity (Wildman–Crippen MR) is 109 cm³/mol. The van der Waals surface area contributed by atoms with Crippen LogP contribution in [0.3, 0.4) is 0 Å². The van der Waals surface area contributed by atoms with Gasteiger partial charge in [-0.25, -0.2) is 4.98 Å². The number of aromatic nitrogens is 2. The van der Waals surface area contributed by atoms with Crippen LogP contribution in [0.5, 0.6) is 0 Å². The van der Waals surface area contributed by atoms with Crippen LogP contribution < -0.4 is 10.2 Å². The molecule has 0 bridgehead atoms. The molecule has 0 amide bonds. The Bertz CT molecular complexity index is 882. The Labute approximate surface area is 154 Å². The van der Waals surface area contributed by atoms with Gasteiger partial charge in [-0.3, -0.25) is 4.99 Å². The number of anilines is 1. The molecule has 2 heterocycles. The van der Waals surface area contributed by atoms with Crippen LogP contribution in [0.15, 0.2) is 53.7 Å². The van der Waals surface area contributed by atoms with Crippen molar-refractivity contribution in [1.82, 2.24) is 20.2 Å². The summed E-state index contributed by atoms with van der Waals surface area (Å²) in [5.41, 5.74) is 3.36. The van der Waals surface area contributed by atoms with Crippen molar-refractivity contribution >= 4 is 22.7 Å². The number of aliphatic imine (C=N–C) groups is 1. The molecule has 3 rings (SSSR count). The van der Waals surface area contributed by atoms with Crippen molar-refractivity contribution in [3.63, 3.8) is 0 Å². The summed E-state index contributed by atoms with van der Waals surface area (Å²) in [4.78, 5) is 16.5. The Kier molecular flexibility index (Phi) is 5.41. The zero-order valence-electron chi connectivity index (χ0n) is 15.8. The van der Waals surface area contributed by atoms with Gasteiger partial charge in [-0.2, -0.15) is 0 Å². The molecule has 0 unspecified atom stereocenters. The second kappa shape index (κ2) is 7.91. The lowest BCUT2D eigenvalue weighted by Crippen LogP contribution is -2.38. The van der Waals surface area contributed by atoms with E-state index in [0.29, 0.717) is 6.54 Å². The number of hydrogen-bond acceptors (Lipinski definition) is 3. The van der Waals surface area contributed by atoms with Crippen molar-refractivity contribution in [2.24, 2.45) is 4.99 Å². The molecule has 2 N–H and O–H groups in total. The Balaban J connectivity index is 1.79. The van der Waals surface area contributed by atoms with Crippen molar-refractivity contribution in [3.8, 4) is 0 Å². The smallest absolute Gasteiger partial charge is 0.194 e. The molecule has 6 heteroatoms. The van der Waals surface area contributed by atoms with Crippen LogP contribution in [0.25, 0.3) is 10.9 Å². The molecular formula is C20H26N6. The quantitative estimate of drug-likeness (QED) is 0.549. The maximum Gasteiger partial charge on any atom is 0.194 e. The molecule has 1 aromatic carbocycles. The van der Waals surface area contributed by atoms with E-state index < -0.39 is 0 Å². The molecule has 26 heavy (non-hydrogen) atoms. The average Bonchev–Trinajstić information content (AvgIpc) is 3.14. The number of nitrogens with one attached hydrogen (secondary N) is 2. The van der Waals surface area contributed by atoms with E-state index in [1.165, 1.54) is 5.56 Å². The maximum atomic E-state index is 4.72. The zero-order valence-corrected chi connectivity index (χ0v) is 15.8. The molecule has 0 spiro atoms. The molecule has 0 aliphatic rings. The zero-order chi connectivity index (χ0) is 18.5. The molecule has 0 saturated heterocycles. The van der Waals surface area contributed by atoms with Crippen molar-refractivity contribution in [2.75, 3.05) is 33.1 Å². The van der Waals surface area contributed by atoms with E-state index in [4.69, 9.17) is 4.98 Å². The second-order valence-corrected chi connectivity index (χ2v) is 6.50. The van der Waals surface area contributed by atoms with Gasteiger partial charge in [0.1, 0.15) is 5.82 Å². The fourth-order valence-corrected chi connectivity index (χ4v) is 2.96. The second-order valence-electron chi connectivity index (χ2n) is 6.50. The highest BCUT2D eigenvalue weighted by Gasteiger charge is 2.10. The maximum absolute atomic E-state index is 4.72. The lowest BCUT2D eigenvalue weighted by Gasteiger charge is -2.22. The van der Waals surface area contributed by atoms with E-state index in [0.717, 1.165) is 34.9 Å². The average molecular weight is 350 g/mol. The number of nitrogens with zero attached hydrogens (tertiary/aromatic N) is 4. The summed E-state index contributed by atoms with van der Waals surface area (Å²) in [5, 5.41) is 4.63. The molecule has 136 valence electrons. The fraction of sp³-hybridized carbons (Fsp3) is 0.300. The Morgan fingerprint density at radius 1 is 1.15 bits per heavy atom. The highest BCUT2D eigenvalue weighted by atomic mass is 15.3. The monoisotopic (exact) mass is 350 g/mol. The minimum absolute atomic E-state index is 0.686. The first-order valence-electron chi connectivity index (χ1n) is 8.68. The SMILES string of the molecule is CN=C(NCc1cc(N(C)C)nc2ccccc12)N(C)Cc1ccc[nH]1. The van der Waals surface area contributed by atoms with E-state index >= 15 is 0 Å². The molecule has 3 aromatic rings. The summed E-state index contributed by atoms with van der Waals surface area (Å²) < 4.78 is 0. The summed E-state index contributed by atoms with van der Waals surface area (Å²) in [5.74, 6) is 1.81. The van der Waals surface area contributed by atoms with Crippen LogP contribution in [0.1, 0.15) is 11.3 Å². The highest BCUT2D eigenvalue weighted by Crippen LogP contribution is 2.22. The fourth-order valence-electron chi connectivity index (χ4n) is 2.96. The lowest BCUT2D eigenvalue weighted by molar-refractivity contribution is 0.471. The number of guanidine groups is 1. The van der Waals surface area contributed by atoms with Gasteiger partial charge in [0.05, 0.1) is 12.1 Å². The van der Waals surface area contributed by atoms with Gasteiger partial charge in [0.25, 0.3) is 0 Å². The standard InChI is InChI=1S/C20H26N6/c1-21-20(26(4)14-16-8-7-11-22-16)23-13-15-12-19(25(2)3)24-18-10-6-5-9-17(15)18/h5-12,22H,13-14H2,1-4H3,(H,21,23). The first-order valence-corrected chi connectivity index (χ1v) is 8.68. The third-order valence-corrected chi connectivity index (χ3v) is 4.33. The summed E-state index contributed by atoms with van der Waals surface area (Å²) >= 11 is 0. The summed E-state index contributed by atoms with van der Waals surface area (Å²) in [6.45, 7) is 1.46. The first-order chi connectivity index (χ1) is 12.6. The number of H-pyrrole nitrogens is 1. The van der Waals surface area contributed by atoms with Gasteiger partial charge in [-0.15, -0.1) is 0 Å².